The fraction of sp³-hybridized carbons (Fsp3) is 0.176. The number of rotatable bonds is 2. The Kier molecular flexibility index (Phi) is 3.34. The molecule has 0 atom stereocenters. The number of nitrogens with zero attached hydrogens (tertiary/aromatic N) is 1. The summed E-state index contributed by atoms with van der Waals surface area (Å²) < 4.78 is 0. The van der Waals surface area contributed by atoms with Gasteiger partial charge in [-0.1, -0.05) is 54.2 Å². The molecule has 0 spiro atoms. The average Bonchev–Trinajstić information content (AvgIpc) is 2.76. The third-order valence-electron chi connectivity index (χ3n) is 3.44. The number of hydrogen-bond acceptors (Lipinski definition) is 2. The number of allylic oxidation sites excluding steroid dienone is 1. The van der Waals surface area contributed by atoms with Crippen molar-refractivity contribution in [2.45, 2.75) is 18.2 Å². The van der Waals surface area contributed by atoms with Crippen LogP contribution >= 0.6 is 11.8 Å². The minimum Gasteiger partial charge on any atom is -0.338 e. The van der Waals surface area contributed by atoms with Gasteiger partial charge in [0, 0.05) is 11.9 Å². The van der Waals surface area contributed by atoms with Crippen LogP contribution in [0.4, 0.5) is 5.69 Å². The van der Waals surface area contributed by atoms with Gasteiger partial charge < -0.3 is 4.90 Å². The molecule has 0 saturated carbocycles. The van der Waals surface area contributed by atoms with Gasteiger partial charge in [-0.05, 0) is 36.6 Å². The van der Waals surface area contributed by atoms with Crippen molar-refractivity contribution in [3.63, 3.8) is 0 Å². The second-order valence-corrected chi connectivity index (χ2v) is 5.88. The summed E-state index contributed by atoms with van der Waals surface area (Å²) in [5.41, 5.74) is 4.05. The predicted octanol–water partition coefficient (Wildman–Crippen LogP) is 4.62. The smallest absolute Gasteiger partial charge is 0.0761 e. The van der Waals surface area contributed by atoms with Gasteiger partial charge in [0.25, 0.3) is 0 Å². The first-order valence-corrected chi connectivity index (χ1v) is 7.32. The summed E-state index contributed by atoms with van der Waals surface area (Å²) in [6, 6.07) is 17.1. The van der Waals surface area contributed by atoms with Crippen LogP contribution in [0.1, 0.15) is 11.1 Å². The van der Waals surface area contributed by atoms with Gasteiger partial charge in [0.2, 0.25) is 0 Å². The van der Waals surface area contributed by atoms with E-state index in [1.807, 2.05) is 11.8 Å². The monoisotopic (exact) mass is 267 g/mol. The maximum Gasteiger partial charge on any atom is 0.0761 e. The standard InChI is InChI=1S/C17H17NS/c1-13-7-6-10-15-17(13)18(2)16(19-15)12-11-14-8-4-3-5-9-14/h3-10,12H,11H2,1-2H3. The van der Waals surface area contributed by atoms with E-state index in [4.69, 9.17) is 0 Å². The lowest BCUT2D eigenvalue weighted by molar-refractivity contribution is 1.13. The number of aryl methyl sites for hydroxylation is 1. The summed E-state index contributed by atoms with van der Waals surface area (Å²) in [4.78, 5) is 3.67. The molecule has 19 heavy (non-hydrogen) atoms. The van der Waals surface area contributed by atoms with Gasteiger partial charge in [0.1, 0.15) is 0 Å². The number of para-hydroxylation sites is 1. The van der Waals surface area contributed by atoms with Crippen LogP contribution in [-0.4, -0.2) is 7.05 Å². The summed E-state index contributed by atoms with van der Waals surface area (Å²) >= 11 is 1.86. The molecule has 96 valence electrons. The third-order valence-corrected chi connectivity index (χ3v) is 4.64. The summed E-state index contributed by atoms with van der Waals surface area (Å²) in [6.45, 7) is 2.18. The molecule has 1 aliphatic heterocycles. The fourth-order valence-corrected chi connectivity index (χ4v) is 3.59. The first kappa shape index (κ1) is 12.4. The summed E-state index contributed by atoms with van der Waals surface area (Å²) in [6.07, 6.45) is 3.31. The molecule has 1 aliphatic rings. The van der Waals surface area contributed by atoms with Crippen molar-refractivity contribution in [1.29, 1.82) is 0 Å². The first-order valence-electron chi connectivity index (χ1n) is 6.51. The van der Waals surface area contributed by atoms with E-state index in [9.17, 15) is 0 Å². The van der Waals surface area contributed by atoms with Gasteiger partial charge in [-0.2, -0.15) is 0 Å². The fourth-order valence-electron chi connectivity index (χ4n) is 2.43. The highest BCUT2D eigenvalue weighted by atomic mass is 32.2. The molecule has 1 heterocycles. The molecule has 0 N–H and O–H groups in total. The van der Waals surface area contributed by atoms with Gasteiger partial charge in [-0.15, -0.1) is 0 Å². The van der Waals surface area contributed by atoms with Gasteiger partial charge in [-0.25, -0.2) is 0 Å². The van der Waals surface area contributed by atoms with Crippen LogP contribution in [0, 0.1) is 6.92 Å². The Balaban J connectivity index is 1.84. The summed E-state index contributed by atoms with van der Waals surface area (Å²) in [5, 5.41) is 1.33. The lowest BCUT2D eigenvalue weighted by atomic mass is 10.1. The Bertz CT molecular complexity index is 616. The molecule has 0 bridgehead atoms. The van der Waals surface area contributed by atoms with Gasteiger partial charge in [-0.3, -0.25) is 0 Å². The number of benzene rings is 2. The highest BCUT2D eigenvalue weighted by Gasteiger charge is 2.22. The first-order chi connectivity index (χ1) is 9.25. The van der Waals surface area contributed by atoms with Crippen molar-refractivity contribution < 1.29 is 0 Å². The van der Waals surface area contributed by atoms with Gasteiger partial charge in [0.05, 0.1) is 10.7 Å². The Labute approximate surface area is 119 Å². The van der Waals surface area contributed by atoms with Crippen molar-refractivity contribution >= 4 is 17.4 Å². The SMILES string of the molecule is Cc1cccc2c1N(C)C(=CCc1ccccc1)S2. The number of fused-ring (bicyclic) bond motifs is 1. The second-order valence-electron chi connectivity index (χ2n) is 4.81. The Morgan fingerprint density at radius 1 is 1.05 bits per heavy atom. The average molecular weight is 267 g/mol. The minimum absolute atomic E-state index is 0.987. The van der Waals surface area contributed by atoms with Crippen LogP contribution in [0.5, 0.6) is 0 Å². The maximum absolute atomic E-state index is 2.32. The van der Waals surface area contributed by atoms with Crippen LogP contribution in [-0.2, 0) is 6.42 Å². The van der Waals surface area contributed by atoms with Crippen molar-refractivity contribution in [3.8, 4) is 0 Å². The summed E-state index contributed by atoms with van der Waals surface area (Å²) in [7, 11) is 2.16. The second kappa shape index (κ2) is 5.14. The molecule has 0 aliphatic carbocycles. The molecule has 0 radical (unpaired) electrons. The quantitative estimate of drug-likeness (QED) is 0.781. The molecular formula is C17H17NS. The Hall–Kier alpha value is -1.67. The van der Waals surface area contributed by atoms with Crippen molar-refractivity contribution in [2.75, 3.05) is 11.9 Å². The number of anilines is 1. The largest absolute Gasteiger partial charge is 0.338 e. The van der Waals surface area contributed by atoms with E-state index >= 15 is 0 Å². The topological polar surface area (TPSA) is 3.24 Å². The Morgan fingerprint density at radius 2 is 1.84 bits per heavy atom. The molecular weight excluding hydrogens is 250 g/mol. The zero-order chi connectivity index (χ0) is 13.2. The molecule has 0 fully saturated rings. The van der Waals surface area contributed by atoms with E-state index in [0.717, 1.165) is 6.42 Å². The highest BCUT2D eigenvalue weighted by Crippen LogP contribution is 2.46. The normalized spacial score (nSPS) is 15.9. The van der Waals surface area contributed by atoms with E-state index in [-0.39, 0.29) is 0 Å². The van der Waals surface area contributed by atoms with Crippen LogP contribution in [0.3, 0.4) is 0 Å². The van der Waals surface area contributed by atoms with Gasteiger partial charge >= 0.3 is 0 Å². The van der Waals surface area contributed by atoms with Crippen LogP contribution in [0.15, 0.2) is 64.5 Å². The zero-order valence-corrected chi connectivity index (χ0v) is 12.1. The van der Waals surface area contributed by atoms with E-state index in [1.165, 1.54) is 26.7 Å². The molecule has 0 aromatic heterocycles. The van der Waals surface area contributed by atoms with E-state index < -0.39 is 0 Å². The summed E-state index contributed by atoms with van der Waals surface area (Å²) in [5.74, 6) is 0. The minimum atomic E-state index is 0.987. The van der Waals surface area contributed by atoms with Crippen LogP contribution in [0.25, 0.3) is 0 Å². The Morgan fingerprint density at radius 3 is 2.58 bits per heavy atom. The molecule has 0 saturated heterocycles. The lowest BCUT2D eigenvalue weighted by Crippen LogP contribution is -2.11. The molecule has 1 nitrogen and oxygen atoms in total. The molecule has 0 amide bonds. The molecule has 2 aromatic rings. The molecule has 2 aromatic carbocycles. The number of thioether (sulfide) groups is 1. The van der Waals surface area contributed by atoms with E-state index in [0.29, 0.717) is 0 Å². The highest BCUT2D eigenvalue weighted by molar-refractivity contribution is 8.03. The lowest BCUT2D eigenvalue weighted by Gasteiger charge is -2.15. The van der Waals surface area contributed by atoms with Crippen molar-refractivity contribution in [1.82, 2.24) is 0 Å². The van der Waals surface area contributed by atoms with Crippen LogP contribution in [0.2, 0.25) is 0 Å². The molecule has 2 heteroatoms. The third kappa shape index (κ3) is 2.41. The molecule has 3 rings (SSSR count). The maximum atomic E-state index is 2.32. The van der Waals surface area contributed by atoms with Crippen molar-refractivity contribution in [2.24, 2.45) is 0 Å². The zero-order valence-electron chi connectivity index (χ0n) is 11.3. The molecule has 0 unspecified atom stereocenters. The van der Waals surface area contributed by atoms with Crippen LogP contribution < -0.4 is 4.90 Å². The van der Waals surface area contributed by atoms with Gasteiger partial charge in [0.15, 0.2) is 0 Å². The van der Waals surface area contributed by atoms with Crippen molar-refractivity contribution in [3.05, 3.63) is 70.8 Å². The van der Waals surface area contributed by atoms with E-state index in [2.05, 4.69) is 73.5 Å². The van der Waals surface area contributed by atoms with E-state index in [1.54, 1.807) is 0 Å². The number of hydrogen-bond donors (Lipinski definition) is 0. The predicted molar refractivity (Wildman–Crippen MR) is 83.7 cm³/mol.